The minimum atomic E-state index is -5.17. The molecule has 0 aliphatic rings. The second-order valence-corrected chi connectivity index (χ2v) is 12.9. The molecule has 0 saturated carbocycles. The van der Waals surface area contributed by atoms with Gasteiger partial charge in [0.25, 0.3) is 10.1 Å². The van der Waals surface area contributed by atoms with Gasteiger partial charge in [-0.1, -0.05) is 17.7 Å². The highest BCUT2D eigenvalue weighted by Crippen LogP contribution is 2.25. The molecule has 3 aromatic rings. The lowest BCUT2D eigenvalue weighted by Crippen LogP contribution is -2.50. The number of carboxylic acid groups (broad SMARTS) is 1. The lowest BCUT2D eigenvalue weighted by atomic mass is 10.2. The zero-order valence-corrected chi connectivity index (χ0v) is 23.5. The van der Waals surface area contributed by atoms with Crippen molar-refractivity contribution in [3.8, 4) is 0 Å². The van der Waals surface area contributed by atoms with Crippen LogP contribution in [0.1, 0.15) is 15.9 Å². The molecule has 3 rings (SSSR count). The molecule has 5 N–H and O–H groups in total. The number of benzene rings is 3. The lowest BCUT2D eigenvalue weighted by Gasteiger charge is -2.10. The Labute approximate surface area is 236 Å². The Morgan fingerprint density at radius 2 is 1.50 bits per heavy atom. The van der Waals surface area contributed by atoms with Crippen molar-refractivity contribution in [2.24, 2.45) is 10.2 Å². The van der Waals surface area contributed by atoms with Crippen LogP contribution in [0.3, 0.4) is 0 Å². The summed E-state index contributed by atoms with van der Waals surface area (Å²) >= 11 is 0. The van der Waals surface area contributed by atoms with Crippen molar-refractivity contribution in [3.05, 3.63) is 90.8 Å². The van der Waals surface area contributed by atoms with E-state index in [0.717, 1.165) is 17.7 Å². The molecule has 224 valence electrons. The molecule has 0 aromatic heterocycles. The fourth-order valence-corrected chi connectivity index (χ4v) is 5.48. The van der Waals surface area contributed by atoms with Crippen LogP contribution in [0.4, 0.5) is 11.4 Å². The summed E-state index contributed by atoms with van der Waals surface area (Å²) in [5.74, 6) is -2.67. The van der Waals surface area contributed by atoms with Gasteiger partial charge in [0.2, 0.25) is 10.9 Å². The normalized spacial score (nSPS) is 13.2. The van der Waals surface area contributed by atoms with Crippen LogP contribution >= 0.6 is 0 Å². The van der Waals surface area contributed by atoms with Crippen molar-refractivity contribution in [1.29, 1.82) is 0 Å². The van der Waals surface area contributed by atoms with E-state index in [1.807, 2.05) is 6.92 Å². The number of hydrogen-bond donors (Lipinski definition) is 5. The third-order valence-electron chi connectivity index (χ3n) is 5.24. The van der Waals surface area contributed by atoms with Crippen LogP contribution in [0, 0.1) is 6.92 Å². The van der Waals surface area contributed by atoms with Crippen LogP contribution in [-0.2, 0) is 34.5 Å². The number of nitrogens with one attached hydrogen (secondary N) is 2. The maximum Gasteiger partial charge on any atom is 0.397 e. The molecule has 0 radical (unpaired) electrons. The van der Waals surface area contributed by atoms with Gasteiger partial charge < -0.3 is 5.11 Å². The molecule has 0 amide bonds. The van der Waals surface area contributed by atoms with E-state index in [1.165, 1.54) is 0 Å². The Hall–Kier alpha value is -4.34. The zero-order chi connectivity index (χ0) is 31.5. The van der Waals surface area contributed by atoms with E-state index in [4.69, 9.17) is 4.55 Å². The van der Waals surface area contributed by atoms with Crippen LogP contribution < -0.4 is 32.4 Å². The molecule has 0 heterocycles. The lowest BCUT2D eigenvalue weighted by molar-refractivity contribution is 0.0694. The number of anilines is 2. The van der Waals surface area contributed by atoms with Crippen molar-refractivity contribution >= 4 is 47.7 Å². The summed E-state index contributed by atoms with van der Waals surface area (Å²) in [6, 6.07) is 9.24. The molecule has 0 atom stereocenters. The standard InChI is InChI=1S/C22H20N4O13S3/c1-12-2-4-13(5-3-12)23-25-19-15(22(29)30)11-17(27)20(21(19)28)26-24-16-7-6-14(10-18(16)41(33,34)35)40(31,32)9-8-39-42(36,37)38/h2-7,10-11,23-24H,8-9H2,1H3,(H,29,30)(H,33,34,35)(H,36,37,38). The van der Waals surface area contributed by atoms with Crippen molar-refractivity contribution < 1.29 is 48.4 Å². The van der Waals surface area contributed by atoms with E-state index in [9.17, 15) is 49.3 Å². The number of nitrogens with zero attached hydrogens (tertiary/aromatic N) is 2. The molecule has 0 aliphatic heterocycles. The van der Waals surface area contributed by atoms with E-state index < -0.39 is 91.3 Å². The average molecular weight is 645 g/mol. The molecular formula is C22H20N4O13S3. The quantitative estimate of drug-likeness (QED) is 0.123. The number of carboxylic acids is 1. The Kier molecular flexibility index (Phi) is 9.39. The minimum Gasteiger partial charge on any atom is -0.478 e. The Bertz CT molecular complexity index is 2100. The maximum absolute atomic E-state index is 13.0. The number of hydrogen-bond acceptors (Lipinski definition) is 14. The van der Waals surface area contributed by atoms with Crippen molar-refractivity contribution in [3.63, 3.8) is 0 Å². The number of aromatic carboxylic acids is 1. The van der Waals surface area contributed by atoms with Gasteiger partial charge in [0, 0.05) is 6.07 Å². The van der Waals surface area contributed by atoms with E-state index in [-0.39, 0.29) is 0 Å². The first kappa shape index (κ1) is 32.2. The fourth-order valence-electron chi connectivity index (χ4n) is 3.23. The number of carbonyl (C=O) groups is 1. The monoisotopic (exact) mass is 644 g/mol. The first-order chi connectivity index (χ1) is 19.4. The summed E-state index contributed by atoms with van der Waals surface area (Å²) in [5.41, 5.74) is 2.01. The predicted octanol–water partition coefficient (Wildman–Crippen LogP) is -1.02. The van der Waals surface area contributed by atoms with Gasteiger partial charge in [0.1, 0.15) is 10.3 Å². The highest BCUT2D eigenvalue weighted by molar-refractivity contribution is 7.91. The summed E-state index contributed by atoms with van der Waals surface area (Å²) in [4.78, 5) is 35.4. The third kappa shape index (κ3) is 8.11. The minimum absolute atomic E-state index is 0.372. The molecule has 17 nitrogen and oxygen atoms in total. The molecule has 42 heavy (non-hydrogen) atoms. The molecule has 0 spiro atoms. The van der Waals surface area contributed by atoms with Gasteiger partial charge in [-0.25, -0.2) is 17.4 Å². The number of rotatable bonds is 11. The third-order valence-corrected chi connectivity index (χ3v) is 8.27. The molecular weight excluding hydrogens is 624 g/mol. The molecule has 0 unspecified atom stereocenters. The van der Waals surface area contributed by atoms with Crippen LogP contribution in [0.5, 0.6) is 0 Å². The van der Waals surface area contributed by atoms with Gasteiger partial charge in [-0.3, -0.25) is 29.5 Å². The second-order valence-electron chi connectivity index (χ2n) is 8.27. The average Bonchev–Trinajstić information content (AvgIpc) is 2.87. The molecule has 0 saturated heterocycles. The van der Waals surface area contributed by atoms with Gasteiger partial charge >= 0.3 is 16.4 Å². The molecule has 0 bridgehead atoms. The summed E-state index contributed by atoms with van der Waals surface area (Å²) in [6.45, 7) is 0.796. The number of sulfone groups is 1. The summed E-state index contributed by atoms with van der Waals surface area (Å²) in [5, 5.41) is 15.1. The van der Waals surface area contributed by atoms with Gasteiger partial charge in [-0.15, -0.1) is 0 Å². The van der Waals surface area contributed by atoms with E-state index in [2.05, 4.69) is 25.2 Å². The second kappa shape index (κ2) is 12.3. The SMILES string of the molecule is Cc1ccc(NN=c2c(C(=O)O)cc(=O)c(=NNc3ccc(S(=O)(=O)CCOS(=O)(=O)O)cc3S(=O)(=O)O)c2=O)cc1. The Morgan fingerprint density at radius 1 is 0.881 bits per heavy atom. The first-order valence-corrected chi connectivity index (χ1v) is 15.6. The fraction of sp³-hybridized carbons (Fsp3) is 0.136. The summed E-state index contributed by atoms with van der Waals surface area (Å²) in [6.07, 6.45) is 0. The van der Waals surface area contributed by atoms with E-state index >= 15 is 0 Å². The predicted molar refractivity (Wildman–Crippen MR) is 144 cm³/mol. The smallest absolute Gasteiger partial charge is 0.397 e. The maximum atomic E-state index is 13.0. The summed E-state index contributed by atoms with van der Waals surface area (Å²) < 4.78 is 92.2. The van der Waals surface area contributed by atoms with Crippen LogP contribution in [0.25, 0.3) is 0 Å². The number of aryl methyl sites for hydroxylation is 1. The summed E-state index contributed by atoms with van der Waals surface area (Å²) in [7, 11) is -14.5. The highest BCUT2D eigenvalue weighted by atomic mass is 32.3. The van der Waals surface area contributed by atoms with Crippen molar-refractivity contribution in [1.82, 2.24) is 0 Å². The van der Waals surface area contributed by atoms with Gasteiger partial charge in [-0.05, 0) is 37.3 Å². The van der Waals surface area contributed by atoms with Gasteiger partial charge in [0.15, 0.2) is 15.2 Å². The van der Waals surface area contributed by atoms with Crippen LogP contribution in [-0.4, -0.2) is 57.8 Å². The van der Waals surface area contributed by atoms with Gasteiger partial charge in [-0.2, -0.15) is 27.0 Å². The highest BCUT2D eigenvalue weighted by Gasteiger charge is 2.23. The molecule has 0 fully saturated rings. The Balaban J connectivity index is 2.08. The first-order valence-electron chi connectivity index (χ1n) is 11.1. The molecule has 3 aromatic carbocycles. The van der Waals surface area contributed by atoms with E-state index in [1.54, 1.807) is 24.3 Å². The Morgan fingerprint density at radius 3 is 2.07 bits per heavy atom. The van der Waals surface area contributed by atoms with Crippen LogP contribution in [0.15, 0.2) is 78.1 Å². The molecule has 20 heteroatoms. The zero-order valence-electron chi connectivity index (χ0n) is 21.1. The van der Waals surface area contributed by atoms with Crippen LogP contribution in [0.2, 0.25) is 0 Å². The molecule has 0 aliphatic carbocycles. The van der Waals surface area contributed by atoms with Gasteiger partial charge in [0.05, 0.1) is 34.2 Å². The van der Waals surface area contributed by atoms with E-state index in [0.29, 0.717) is 17.8 Å². The largest absolute Gasteiger partial charge is 0.478 e. The van der Waals surface area contributed by atoms with Crippen molar-refractivity contribution in [2.75, 3.05) is 23.2 Å². The topological polar surface area (TPSA) is 272 Å². The van der Waals surface area contributed by atoms with Crippen molar-refractivity contribution in [2.45, 2.75) is 16.7 Å².